The topological polar surface area (TPSA) is 32.6 Å². The summed E-state index contributed by atoms with van der Waals surface area (Å²) in [6, 6.07) is 0.428. The molecule has 4 fully saturated rings. The van der Waals surface area contributed by atoms with Crippen LogP contribution in [0.15, 0.2) is 4.99 Å². The Balaban J connectivity index is 1.58. The van der Waals surface area contributed by atoms with E-state index in [0.717, 1.165) is 42.4 Å². The smallest absolute Gasteiger partial charge is 0.0543 e. The Morgan fingerprint density at radius 3 is 2.35 bits per heavy atom. The molecule has 0 amide bonds. The van der Waals surface area contributed by atoms with Crippen molar-refractivity contribution in [3.8, 4) is 0 Å². The van der Waals surface area contributed by atoms with Gasteiger partial charge in [-0.25, -0.2) is 0 Å². The fourth-order valence-electron chi connectivity index (χ4n) is 8.42. The van der Waals surface area contributed by atoms with Crippen molar-refractivity contribution < 1.29 is 5.11 Å². The Labute approximate surface area is 161 Å². The second-order valence-corrected chi connectivity index (χ2v) is 11.1. The van der Waals surface area contributed by atoms with Gasteiger partial charge < -0.3 is 5.11 Å². The van der Waals surface area contributed by atoms with Crippen LogP contribution >= 0.6 is 0 Å². The molecule has 0 bridgehead atoms. The molecular formula is C24H41NO. The summed E-state index contributed by atoms with van der Waals surface area (Å²) in [7, 11) is 0. The van der Waals surface area contributed by atoms with Crippen LogP contribution in [0.4, 0.5) is 0 Å². The average Bonchev–Trinajstić information content (AvgIpc) is 2.92. The van der Waals surface area contributed by atoms with Crippen molar-refractivity contribution in [1.29, 1.82) is 0 Å². The second-order valence-electron chi connectivity index (χ2n) is 11.1. The third-order valence-corrected chi connectivity index (χ3v) is 9.60. The third-order valence-electron chi connectivity index (χ3n) is 9.60. The van der Waals surface area contributed by atoms with Crippen molar-refractivity contribution in [3.05, 3.63) is 0 Å². The van der Waals surface area contributed by atoms with Gasteiger partial charge in [-0.3, -0.25) is 4.99 Å². The molecule has 0 spiro atoms. The van der Waals surface area contributed by atoms with Gasteiger partial charge in [-0.1, -0.05) is 13.8 Å². The summed E-state index contributed by atoms with van der Waals surface area (Å²) < 4.78 is 0. The zero-order chi connectivity index (χ0) is 18.7. The summed E-state index contributed by atoms with van der Waals surface area (Å²) in [6.45, 7) is 12.0. The van der Waals surface area contributed by atoms with E-state index >= 15 is 0 Å². The molecule has 0 saturated heterocycles. The molecule has 0 radical (unpaired) electrons. The largest absolute Gasteiger partial charge is 0.393 e. The minimum atomic E-state index is -0.0239. The monoisotopic (exact) mass is 359 g/mol. The molecule has 148 valence electrons. The maximum absolute atomic E-state index is 10.2. The predicted octanol–water partition coefficient (Wildman–Crippen LogP) is 5.88. The standard InChI is InChI=1S/C24H41NO/c1-15(2)25-16(3)20-8-9-21-19-7-6-17-14-18(26)10-12-23(17,4)22(19)11-13-24(20,21)5/h15,17-22,26H,6-14H2,1-5H3/b25-16+/t17-,18-,19+,20-,21+,22+,23+,24-/m1/s1. The van der Waals surface area contributed by atoms with Crippen LogP contribution in [-0.4, -0.2) is 23.0 Å². The molecule has 4 aliphatic rings. The quantitative estimate of drug-likeness (QED) is 0.614. The first-order chi connectivity index (χ1) is 12.3. The summed E-state index contributed by atoms with van der Waals surface area (Å²) >= 11 is 0. The van der Waals surface area contributed by atoms with Gasteiger partial charge in [0.15, 0.2) is 0 Å². The lowest BCUT2D eigenvalue weighted by molar-refractivity contribution is -0.123. The number of aliphatic hydroxyl groups is 1. The van der Waals surface area contributed by atoms with Crippen LogP contribution in [-0.2, 0) is 0 Å². The number of nitrogens with zero attached hydrogens (tertiary/aromatic N) is 1. The van der Waals surface area contributed by atoms with Crippen LogP contribution in [0.1, 0.15) is 92.4 Å². The summed E-state index contributed by atoms with van der Waals surface area (Å²) in [5.74, 6) is 4.25. The molecular weight excluding hydrogens is 318 g/mol. The zero-order valence-corrected chi connectivity index (χ0v) is 17.8. The minimum absolute atomic E-state index is 0.0239. The van der Waals surface area contributed by atoms with Gasteiger partial charge in [-0.15, -0.1) is 0 Å². The molecule has 2 heteroatoms. The highest BCUT2D eigenvalue weighted by Crippen LogP contribution is 2.67. The van der Waals surface area contributed by atoms with E-state index in [2.05, 4.69) is 34.6 Å². The summed E-state index contributed by atoms with van der Waals surface area (Å²) in [4.78, 5) is 4.98. The van der Waals surface area contributed by atoms with Crippen molar-refractivity contribution >= 4 is 5.71 Å². The van der Waals surface area contributed by atoms with E-state index in [1.807, 2.05) is 0 Å². The molecule has 1 N–H and O–H groups in total. The Morgan fingerprint density at radius 2 is 1.62 bits per heavy atom. The Kier molecular flexibility index (Phi) is 4.82. The third kappa shape index (κ3) is 2.81. The fourth-order valence-corrected chi connectivity index (χ4v) is 8.42. The van der Waals surface area contributed by atoms with E-state index in [0.29, 0.717) is 16.9 Å². The van der Waals surface area contributed by atoms with Gasteiger partial charge in [-0.05, 0) is 113 Å². The molecule has 0 unspecified atom stereocenters. The van der Waals surface area contributed by atoms with Crippen LogP contribution in [0, 0.1) is 40.4 Å². The van der Waals surface area contributed by atoms with Gasteiger partial charge in [0.2, 0.25) is 0 Å². The highest BCUT2D eigenvalue weighted by Gasteiger charge is 2.60. The highest BCUT2D eigenvalue weighted by molar-refractivity contribution is 5.85. The predicted molar refractivity (Wildman–Crippen MR) is 109 cm³/mol. The minimum Gasteiger partial charge on any atom is -0.393 e. The molecule has 4 rings (SSSR count). The molecule has 0 aliphatic heterocycles. The molecule has 26 heavy (non-hydrogen) atoms. The van der Waals surface area contributed by atoms with Gasteiger partial charge in [0.05, 0.1) is 6.10 Å². The number of rotatable bonds is 2. The zero-order valence-electron chi connectivity index (χ0n) is 17.8. The molecule has 8 atom stereocenters. The van der Waals surface area contributed by atoms with Gasteiger partial charge >= 0.3 is 0 Å². The molecule has 4 aliphatic carbocycles. The number of hydrogen-bond acceptors (Lipinski definition) is 2. The Morgan fingerprint density at radius 1 is 0.923 bits per heavy atom. The SMILES string of the molecule is C/C(=N\C(C)C)[C@H]1CC[C@H]2[C@@H]3CC[C@@H]4C[C@H](O)CC[C@]4(C)[C@H]3CC[C@]12C. The molecule has 0 aromatic heterocycles. The van der Waals surface area contributed by atoms with Crippen LogP contribution in [0.2, 0.25) is 0 Å². The average molecular weight is 360 g/mol. The molecule has 0 aromatic rings. The van der Waals surface area contributed by atoms with Crippen molar-refractivity contribution in [2.24, 2.45) is 45.4 Å². The first-order valence-corrected chi connectivity index (χ1v) is 11.5. The normalized spacial score (nSPS) is 51.7. The molecule has 0 heterocycles. The van der Waals surface area contributed by atoms with Gasteiger partial charge in [-0.2, -0.15) is 0 Å². The molecule has 4 saturated carbocycles. The Hall–Kier alpha value is -0.370. The number of hydrogen-bond donors (Lipinski definition) is 1. The van der Waals surface area contributed by atoms with E-state index in [9.17, 15) is 5.11 Å². The van der Waals surface area contributed by atoms with Crippen LogP contribution in [0.25, 0.3) is 0 Å². The Bertz CT molecular complexity index is 569. The lowest BCUT2D eigenvalue weighted by atomic mass is 9.44. The van der Waals surface area contributed by atoms with Gasteiger partial charge in [0.1, 0.15) is 0 Å². The van der Waals surface area contributed by atoms with E-state index in [1.54, 1.807) is 0 Å². The van der Waals surface area contributed by atoms with Crippen LogP contribution in [0.3, 0.4) is 0 Å². The molecule has 2 nitrogen and oxygen atoms in total. The maximum Gasteiger partial charge on any atom is 0.0543 e. The lowest BCUT2D eigenvalue weighted by Gasteiger charge is -2.61. The van der Waals surface area contributed by atoms with Gasteiger partial charge in [0.25, 0.3) is 0 Å². The van der Waals surface area contributed by atoms with Crippen molar-refractivity contribution in [1.82, 2.24) is 0 Å². The van der Waals surface area contributed by atoms with Crippen molar-refractivity contribution in [3.63, 3.8) is 0 Å². The summed E-state index contributed by atoms with van der Waals surface area (Å²) in [5.41, 5.74) is 2.42. The maximum atomic E-state index is 10.2. The van der Waals surface area contributed by atoms with Gasteiger partial charge in [0, 0.05) is 17.7 Å². The van der Waals surface area contributed by atoms with Crippen LogP contribution in [0.5, 0.6) is 0 Å². The first-order valence-electron chi connectivity index (χ1n) is 11.5. The van der Waals surface area contributed by atoms with E-state index in [1.165, 1.54) is 50.7 Å². The number of fused-ring (bicyclic) bond motifs is 5. The molecule has 0 aromatic carbocycles. The number of aliphatic hydroxyl groups excluding tert-OH is 1. The second kappa shape index (κ2) is 6.61. The summed E-state index contributed by atoms with van der Waals surface area (Å²) in [5, 5.41) is 10.2. The first kappa shape index (κ1) is 19.0. The number of aliphatic imine (C=N–C) groups is 1. The van der Waals surface area contributed by atoms with E-state index in [4.69, 9.17) is 4.99 Å². The lowest BCUT2D eigenvalue weighted by Crippen LogP contribution is -2.54. The van der Waals surface area contributed by atoms with Crippen molar-refractivity contribution in [2.75, 3.05) is 0 Å². The highest BCUT2D eigenvalue weighted by atomic mass is 16.3. The summed E-state index contributed by atoms with van der Waals surface area (Å²) in [6.07, 6.45) is 11.8. The van der Waals surface area contributed by atoms with E-state index in [-0.39, 0.29) is 6.10 Å². The van der Waals surface area contributed by atoms with Crippen LogP contribution < -0.4 is 0 Å². The fraction of sp³-hybridized carbons (Fsp3) is 0.958. The van der Waals surface area contributed by atoms with Crippen molar-refractivity contribution in [2.45, 2.75) is 105 Å². The van der Waals surface area contributed by atoms with E-state index < -0.39 is 0 Å².